The van der Waals surface area contributed by atoms with Gasteiger partial charge in [-0.1, -0.05) is 23.2 Å². The third kappa shape index (κ3) is 2.14. The van der Waals surface area contributed by atoms with Crippen molar-refractivity contribution in [2.75, 3.05) is 0 Å². The zero-order chi connectivity index (χ0) is 11.7. The zero-order valence-corrected chi connectivity index (χ0v) is 10.8. The minimum absolute atomic E-state index is 0.0558. The highest BCUT2D eigenvalue weighted by Gasteiger charge is 2.14. The maximum Gasteiger partial charge on any atom is 0.204 e. The fraction of sp³-hybridized carbons (Fsp3) is 0.0833. The van der Waals surface area contributed by atoms with E-state index in [1.54, 1.807) is 29.6 Å². The molecule has 4 heteroatoms. The summed E-state index contributed by atoms with van der Waals surface area (Å²) in [6, 6.07) is 6.95. The first kappa shape index (κ1) is 11.6. The number of benzene rings is 1. The lowest BCUT2D eigenvalue weighted by Gasteiger charge is -2.02. The van der Waals surface area contributed by atoms with Crippen molar-refractivity contribution in [3.05, 3.63) is 55.7 Å². The van der Waals surface area contributed by atoms with Gasteiger partial charge in [-0.2, -0.15) is 0 Å². The van der Waals surface area contributed by atoms with Gasteiger partial charge in [-0.05, 0) is 42.1 Å². The molecule has 1 heterocycles. The Bertz CT molecular complexity index is 546. The molecule has 0 aliphatic carbocycles. The van der Waals surface area contributed by atoms with E-state index >= 15 is 0 Å². The van der Waals surface area contributed by atoms with Crippen molar-refractivity contribution in [2.24, 2.45) is 0 Å². The van der Waals surface area contributed by atoms with Gasteiger partial charge < -0.3 is 0 Å². The summed E-state index contributed by atoms with van der Waals surface area (Å²) in [5.41, 5.74) is 1.51. The summed E-state index contributed by atoms with van der Waals surface area (Å²) in [6.45, 7) is 1.87. The summed E-state index contributed by atoms with van der Waals surface area (Å²) < 4.78 is 0. The summed E-state index contributed by atoms with van der Waals surface area (Å²) >= 11 is 13.2. The van der Waals surface area contributed by atoms with Crippen molar-refractivity contribution in [3.63, 3.8) is 0 Å². The highest BCUT2D eigenvalue weighted by atomic mass is 35.5. The molecule has 0 spiro atoms. The Morgan fingerprint density at radius 3 is 2.50 bits per heavy atom. The summed E-state index contributed by atoms with van der Waals surface area (Å²) in [5, 5.41) is 2.97. The van der Waals surface area contributed by atoms with Crippen LogP contribution in [0.25, 0.3) is 0 Å². The van der Waals surface area contributed by atoms with Crippen LogP contribution < -0.4 is 0 Å². The van der Waals surface area contributed by atoms with Gasteiger partial charge in [-0.15, -0.1) is 11.3 Å². The Kier molecular flexibility index (Phi) is 3.33. The molecule has 0 saturated carbocycles. The van der Waals surface area contributed by atoms with Crippen LogP contribution in [0.5, 0.6) is 0 Å². The average Bonchev–Trinajstić information content (AvgIpc) is 2.67. The first-order chi connectivity index (χ1) is 7.59. The van der Waals surface area contributed by atoms with Gasteiger partial charge in [0.1, 0.15) is 0 Å². The third-order valence-electron chi connectivity index (χ3n) is 2.24. The molecule has 0 atom stereocenters. The molecule has 0 unspecified atom stereocenters. The van der Waals surface area contributed by atoms with Crippen LogP contribution in [0.1, 0.15) is 20.8 Å². The molecule has 0 fully saturated rings. The lowest BCUT2D eigenvalue weighted by molar-refractivity contribution is 0.104. The monoisotopic (exact) mass is 270 g/mol. The predicted octanol–water partition coefficient (Wildman–Crippen LogP) is 4.59. The Labute approximate surface area is 108 Å². The van der Waals surface area contributed by atoms with Gasteiger partial charge in [0.2, 0.25) is 5.78 Å². The van der Waals surface area contributed by atoms with E-state index in [0.717, 1.165) is 5.56 Å². The number of rotatable bonds is 2. The van der Waals surface area contributed by atoms with E-state index in [0.29, 0.717) is 20.5 Å². The normalized spacial score (nSPS) is 10.4. The van der Waals surface area contributed by atoms with Crippen LogP contribution in [0.4, 0.5) is 0 Å². The van der Waals surface area contributed by atoms with Crippen molar-refractivity contribution in [3.8, 4) is 0 Å². The number of halogens is 2. The number of hydrogen-bond acceptors (Lipinski definition) is 2. The summed E-state index contributed by atoms with van der Waals surface area (Å²) in [7, 11) is 0. The van der Waals surface area contributed by atoms with Crippen LogP contribution >= 0.6 is 34.5 Å². The zero-order valence-electron chi connectivity index (χ0n) is 8.46. The Balaban J connectivity index is 2.42. The third-order valence-corrected chi connectivity index (χ3v) is 4.01. The van der Waals surface area contributed by atoms with Gasteiger partial charge >= 0.3 is 0 Å². The summed E-state index contributed by atoms with van der Waals surface area (Å²) in [5.74, 6) is -0.0558. The number of hydrogen-bond donors (Lipinski definition) is 0. The van der Waals surface area contributed by atoms with E-state index in [-0.39, 0.29) is 5.78 Å². The molecular formula is C12H8Cl2OS. The van der Waals surface area contributed by atoms with Crippen molar-refractivity contribution < 1.29 is 4.79 Å². The Morgan fingerprint density at radius 2 is 1.94 bits per heavy atom. The van der Waals surface area contributed by atoms with Crippen LogP contribution in [0, 0.1) is 6.92 Å². The minimum atomic E-state index is -0.0558. The molecule has 0 saturated heterocycles. The second-order valence-electron chi connectivity index (χ2n) is 3.39. The van der Waals surface area contributed by atoms with Crippen molar-refractivity contribution in [1.29, 1.82) is 0 Å². The van der Waals surface area contributed by atoms with Gasteiger partial charge in [0.25, 0.3) is 0 Å². The lowest BCUT2D eigenvalue weighted by atomic mass is 10.1. The van der Waals surface area contributed by atoms with E-state index in [2.05, 4.69) is 0 Å². The maximum atomic E-state index is 12.1. The van der Waals surface area contributed by atoms with Crippen molar-refractivity contribution in [1.82, 2.24) is 0 Å². The van der Waals surface area contributed by atoms with Gasteiger partial charge in [-0.25, -0.2) is 0 Å². The van der Waals surface area contributed by atoms with Gasteiger partial charge in [-0.3, -0.25) is 4.79 Å². The van der Waals surface area contributed by atoms with Crippen LogP contribution in [-0.4, -0.2) is 5.78 Å². The molecule has 0 bridgehead atoms. The summed E-state index contributed by atoms with van der Waals surface area (Å²) in [6.07, 6.45) is 0. The molecular weight excluding hydrogens is 263 g/mol. The fourth-order valence-corrected chi connectivity index (χ4v) is 2.59. The maximum absolute atomic E-state index is 12.1. The summed E-state index contributed by atoms with van der Waals surface area (Å²) in [4.78, 5) is 12.6. The van der Waals surface area contributed by atoms with Gasteiger partial charge in [0.05, 0.1) is 9.90 Å². The van der Waals surface area contributed by atoms with Crippen LogP contribution in [0.15, 0.2) is 29.6 Å². The van der Waals surface area contributed by atoms with E-state index in [9.17, 15) is 4.79 Å². The number of carbonyl (C=O) groups is 1. The molecule has 2 rings (SSSR count). The molecule has 0 amide bonds. The first-order valence-corrected chi connectivity index (χ1v) is 6.27. The second kappa shape index (κ2) is 4.58. The molecule has 0 aliphatic heterocycles. The highest BCUT2D eigenvalue weighted by molar-refractivity contribution is 7.13. The van der Waals surface area contributed by atoms with Gasteiger partial charge in [0, 0.05) is 10.6 Å². The Hall–Kier alpha value is -0.830. The minimum Gasteiger partial charge on any atom is -0.288 e. The second-order valence-corrected chi connectivity index (χ2v) is 5.12. The molecule has 16 heavy (non-hydrogen) atoms. The molecule has 0 aliphatic rings. The smallest absolute Gasteiger partial charge is 0.204 e. The quantitative estimate of drug-likeness (QED) is 0.730. The average molecular weight is 271 g/mol. The predicted molar refractivity (Wildman–Crippen MR) is 69.0 cm³/mol. The number of carbonyl (C=O) groups excluding carboxylic acids is 1. The van der Waals surface area contributed by atoms with E-state index in [1.807, 2.05) is 6.92 Å². The van der Waals surface area contributed by atoms with Crippen LogP contribution in [0.3, 0.4) is 0 Å². The van der Waals surface area contributed by atoms with E-state index in [1.165, 1.54) is 11.3 Å². The number of ketones is 1. The largest absolute Gasteiger partial charge is 0.288 e. The molecule has 1 nitrogen and oxygen atoms in total. The first-order valence-electron chi connectivity index (χ1n) is 4.63. The molecule has 2 aromatic rings. The van der Waals surface area contributed by atoms with Gasteiger partial charge in [0.15, 0.2) is 0 Å². The molecule has 1 aromatic carbocycles. The molecule has 1 aromatic heterocycles. The fourth-order valence-electron chi connectivity index (χ4n) is 1.37. The molecule has 82 valence electrons. The standard InChI is InChI=1S/C12H8Cl2OS/c1-7-6-8(2-3-9(7)13)11(15)12-10(14)4-5-16-12/h2-6H,1H3. The highest BCUT2D eigenvalue weighted by Crippen LogP contribution is 2.26. The van der Waals surface area contributed by atoms with Crippen LogP contribution in [-0.2, 0) is 0 Å². The van der Waals surface area contributed by atoms with E-state index in [4.69, 9.17) is 23.2 Å². The number of aryl methyl sites for hydroxylation is 1. The SMILES string of the molecule is Cc1cc(C(=O)c2sccc2Cl)ccc1Cl. The van der Waals surface area contributed by atoms with E-state index < -0.39 is 0 Å². The molecule has 0 N–H and O–H groups in total. The molecule has 0 radical (unpaired) electrons. The topological polar surface area (TPSA) is 17.1 Å². The van der Waals surface area contributed by atoms with Crippen molar-refractivity contribution >= 4 is 40.3 Å². The lowest BCUT2D eigenvalue weighted by Crippen LogP contribution is -1.99. The number of thiophene rings is 1. The van der Waals surface area contributed by atoms with Crippen LogP contribution in [0.2, 0.25) is 10.0 Å². The van der Waals surface area contributed by atoms with Crippen molar-refractivity contribution in [2.45, 2.75) is 6.92 Å². The Morgan fingerprint density at radius 1 is 1.19 bits per heavy atom.